The Hall–Kier alpha value is -2.69. The van der Waals surface area contributed by atoms with E-state index in [4.69, 9.17) is 0 Å². The zero-order chi connectivity index (χ0) is 17.1. The van der Waals surface area contributed by atoms with Crippen LogP contribution in [0, 0.1) is 12.7 Å². The molecule has 1 saturated heterocycles. The zero-order valence-electron chi connectivity index (χ0n) is 13.4. The molecule has 4 nitrogen and oxygen atoms in total. The molecule has 2 aromatic rings. The number of carbonyl (C=O) groups is 2. The van der Waals surface area contributed by atoms with E-state index in [1.165, 1.54) is 12.1 Å². The van der Waals surface area contributed by atoms with Crippen molar-refractivity contribution in [1.82, 2.24) is 10.6 Å². The third-order valence-corrected chi connectivity index (χ3v) is 4.23. The second kappa shape index (κ2) is 6.83. The fourth-order valence-corrected chi connectivity index (χ4v) is 2.88. The van der Waals surface area contributed by atoms with Gasteiger partial charge in [0.15, 0.2) is 0 Å². The van der Waals surface area contributed by atoms with Crippen LogP contribution in [0.4, 0.5) is 4.39 Å². The largest absolute Gasteiger partial charge is 0.354 e. The molecule has 0 aliphatic carbocycles. The Morgan fingerprint density at radius 2 is 2.08 bits per heavy atom. The Morgan fingerprint density at radius 1 is 1.25 bits per heavy atom. The molecule has 5 heteroatoms. The van der Waals surface area contributed by atoms with Crippen molar-refractivity contribution in [2.24, 2.45) is 0 Å². The summed E-state index contributed by atoms with van der Waals surface area (Å²) >= 11 is 0. The molecule has 2 aromatic carbocycles. The molecule has 124 valence electrons. The van der Waals surface area contributed by atoms with E-state index in [9.17, 15) is 14.0 Å². The normalized spacial score (nSPS) is 17.2. The fourth-order valence-electron chi connectivity index (χ4n) is 2.88. The third-order valence-electron chi connectivity index (χ3n) is 4.23. The van der Waals surface area contributed by atoms with Crippen LogP contribution >= 0.6 is 0 Å². The highest BCUT2D eigenvalue weighted by Gasteiger charge is 2.24. The van der Waals surface area contributed by atoms with Gasteiger partial charge in [-0.25, -0.2) is 4.39 Å². The van der Waals surface area contributed by atoms with Gasteiger partial charge in [-0.1, -0.05) is 18.2 Å². The van der Waals surface area contributed by atoms with Crippen LogP contribution in [-0.4, -0.2) is 24.4 Å². The van der Waals surface area contributed by atoms with Crippen molar-refractivity contribution < 1.29 is 14.0 Å². The molecular formula is C19H19FN2O2. The Bertz CT molecular complexity index is 789. The molecule has 1 atom stereocenters. The Kier molecular flexibility index (Phi) is 4.60. The van der Waals surface area contributed by atoms with Crippen LogP contribution in [0.5, 0.6) is 0 Å². The van der Waals surface area contributed by atoms with Crippen molar-refractivity contribution in [1.29, 1.82) is 0 Å². The highest BCUT2D eigenvalue weighted by atomic mass is 19.1. The lowest BCUT2D eigenvalue weighted by Gasteiger charge is -2.22. The molecule has 3 rings (SSSR count). The highest BCUT2D eigenvalue weighted by molar-refractivity contribution is 5.98. The van der Waals surface area contributed by atoms with E-state index in [0.29, 0.717) is 18.5 Å². The van der Waals surface area contributed by atoms with E-state index in [1.54, 1.807) is 24.3 Å². The third kappa shape index (κ3) is 3.45. The smallest absolute Gasteiger partial charge is 0.251 e. The van der Waals surface area contributed by atoms with Gasteiger partial charge in [-0.15, -0.1) is 0 Å². The van der Waals surface area contributed by atoms with Gasteiger partial charge in [0.05, 0.1) is 0 Å². The van der Waals surface area contributed by atoms with E-state index in [2.05, 4.69) is 10.6 Å². The van der Waals surface area contributed by atoms with E-state index >= 15 is 0 Å². The van der Waals surface area contributed by atoms with Gasteiger partial charge >= 0.3 is 0 Å². The topological polar surface area (TPSA) is 58.2 Å². The molecule has 0 bridgehead atoms. The number of benzene rings is 2. The summed E-state index contributed by atoms with van der Waals surface area (Å²) in [6.45, 7) is 2.55. The van der Waals surface area contributed by atoms with Crippen LogP contribution in [0.25, 0.3) is 11.1 Å². The number of halogens is 1. The van der Waals surface area contributed by atoms with Gasteiger partial charge < -0.3 is 10.6 Å². The van der Waals surface area contributed by atoms with Gasteiger partial charge in [-0.2, -0.15) is 0 Å². The van der Waals surface area contributed by atoms with E-state index in [0.717, 1.165) is 23.1 Å². The SMILES string of the molecule is Cc1ccc(F)cc1-c1cccc(C(=O)N[C@H]2CCCNC2=O)c1. The molecule has 0 spiro atoms. The van der Waals surface area contributed by atoms with Crippen molar-refractivity contribution in [3.05, 3.63) is 59.4 Å². The van der Waals surface area contributed by atoms with Crippen molar-refractivity contribution in [2.45, 2.75) is 25.8 Å². The monoisotopic (exact) mass is 326 g/mol. The minimum atomic E-state index is -0.495. The summed E-state index contributed by atoms with van der Waals surface area (Å²) in [6, 6.07) is 11.1. The first kappa shape index (κ1) is 16.2. The maximum atomic E-state index is 13.5. The zero-order valence-corrected chi connectivity index (χ0v) is 13.4. The molecule has 0 unspecified atom stereocenters. The van der Waals surface area contributed by atoms with Crippen molar-refractivity contribution >= 4 is 11.8 Å². The average Bonchev–Trinajstić information content (AvgIpc) is 2.59. The Balaban J connectivity index is 1.83. The van der Waals surface area contributed by atoms with Gasteiger partial charge in [0, 0.05) is 12.1 Å². The van der Waals surface area contributed by atoms with E-state index in [-0.39, 0.29) is 17.6 Å². The van der Waals surface area contributed by atoms with E-state index < -0.39 is 6.04 Å². The van der Waals surface area contributed by atoms with Crippen LogP contribution < -0.4 is 10.6 Å². The molecule has 2 amide bonds. The number of piperidine rings is 1. The number of nitrogens with one attached hydrogen (secondary N) is 2. The molecule has 0 aromatic heterocycles. The van der Waals surface area contributed by atoms with Gasteiger partial charge in [-0.05, 0) is 60.7 Å². The molecule has 1 fully saturated rings. The van der Waals surface area contributed by atoms with Crippen molar-refractivity contribution in [2.75, 3.05) is 6.54 Å². The van der Waals surface area contributed by atoms with Gasteiger partial charge in [0.1, 0.15) is 11.9 Å². The number of carbonyl (C=O) groups excluding carboxylic acids is 2. The molecule has 0 radical (unpaired) electrons. The summed E-state index contributed by atoms with van der Waals surface area (Å²) in [7, 11) is 0. The molecule has 1 heterocycles. The van der Waals surface area contributed by atoms with Crippen LogP contribution in [-0.2, 0) is 4.79 Å². The minimum absolute atomic E-state index is 0.147. The molecule has 1 aliphatic rings. The highest BCUT2D eigenvalue weighted by Crippen LogP contribution is 2.25. The lowest BCUT2D eigenvalue weighted by molar-refractivity contribution is -0.124. The molecule has 0 saturated carbocycles. The first-order valence-electron chi connectivity index (χ1n) is 8.00. The standard InChI is InChI=1S/C19H19FN2O2/c1-12-7-8-15(20)11-16(12)13-4-2-5-14(10-13)18(23)22-17-6-3-9-21-19(17)24/h2,4-5,7-8,10-11,17H,3,6,9H2,1H3,(H,21,24)(H,22,23)/t17-/m0/s1. The summed E-state index contributed by atoms with van der Waals surface area (Å²) in [6.07, 6.45) is 1.49. The maximum Gasteiger partial charge on any atom is 0.251 e. The van der Waals surface area contributed by atoms with Gasteiger partial charge in [-0.3, -0.25) is 9.59 Å². The molecule has 1 aliphatic heterocycles. The summed E-state index contributed by atoms with van der Waals surface area (Å²) < 4.78 is 13.5. The maximum absolute atomic E-state index is 13.5. The van der Waals surface area contributed by atoms with Crippen LogP contribution in [0.3, 0.4) is 0 Å². The summed E-state index contributed by atoms with van der Waals surface area (Å²) in [5.74, 6) is -0.760. The quantitative estimate of drug-likeness (QED) is 0.911. The van der Waals surface area contributed by atoms with Crippen molar-refractivity contribution in [3.8, 4) is 11.1 Å². The number of hydrogen-bond donors (Lipinski definition) is 2. The first-order valence-corrected chi connectivity index (χ1v) is 8.00. The molecule has 24 heavy (non-hydrogen) atoms. The van der Waals surface area contributed by atoms with Gasteiger partial charge in [0.2, 0.25) is 5.91 Å². The predicted octanol–water partition coefficient (Wildman–Crippen LogP) is 2.81. The first-order chi connectivity index (χ1) is 11.5. The Morgan fingerprint density at radius 3 is 2.88 bits per heavy atom. The average molecular weight is 326 g/mol. The number of aryl methyl sites for hydroxylation is 1. The molecule has 2 N–H and O–H groups in total. The predicted molar refractivity (Wildman–Crippen MR) is 90.1 cm³/mol. The molecular weight excluding hydrogens is 307 g/mol. The second-order valence-corrected chi connectivity index (χ2v) is 6.00. The number of amides is 2. The fraction of sp³-hybridized carbons (Fsp3) is 0.263. The number of hydrogen-bond acceptors (Lipinski definition) is 2. The minimum Gasteiger partial charge on any atom is -0.354 e. The number of rotatable bonds is 3. The van der Waals surface area contributed by atoms with Crippen molar-refractivity contribution in [3.63, 3.8) is 0 Å². The summed E-state index contributed by atoms with van der Waals surface area (Å²) in [5, 5.41) is 5.51. The van der Waals surface area contributed by atoms with Gasteiger partial charge in [0.25, 0.3) is 5.91 Å². The van der Waals surface area contributed by atoms with E-state index in [1.807, 2.05) is 13.0 Å². The summed E-state index contributed by atoms with van der Waals surface area (Å²) in [4.78, 5) is 24.2. The van der Waals surface area contributed by atoms with Crippen LogP contribution in [0.1, 0.15) is 28.8 Å². The van der Waals surface area contributed by atoms with Crippen LogP contribution in [0.15, 0.2) is 42.5 Å². The lowest BCUT2D eigenvalue weighted by Crippen LogP contribution is -2.50. The van der Waals surface area contributed by atoms with Crippen LogP contribution in [0.2, 0.25) is 0 Å². The lowest BCUT2D eigenvalue weighted by atomic mass is 9.98. The second-order valence-electron chi connectivity index (χ2n) is 6.00. The summed E-state index contributed by atoms with van der Waals surface area (Å²) in [5.41, 5.74) is 2.91. The Labute approximate surface area is 140 Å².